The molecule has 162 valence electrons. The second-order valence-electron chi connectivity index (χ2n) is 8.79. The molecule has 8 heteroatoms. The van der Waals surface area contributed by atoms with Gasteiger partial charge in [-0.2, -0.15) is 0 Å². The van der Waals surface area contributed by atoms with Gasteiger partial charge in [0.2, 0.25) is 0 Å². The van der Waals surface area contributed by atoms with Crippen LogP contribution in [0.2, 0.25) is 0 Å². The topological polar surface area (TPSA) is 78.0 Å². The van der Waals surface area contributed by atoms with Gasteiger partial charge in [0.05, 0.1) is 16.0 Å². The molecule has 4 amide bonds. The first-order valence-corrected chi connectivity index (χ1v) is 11.2. The normalized spacial score (nSPS) is 17.1. The average molecular weight is 440 g/mol. The van der Waals surface area contributed by atoms with E-state index in [9.17, 15) is 19.2 Å². The van der Waals surface area contributed by atoms with Crippen molar-refractivity contribution in [2.24, 2.45) is 0 Å². The second-order valence-corrected chi connectivity index (χ2v) is 9.74. The predicted molar refractivity (Wildman–Crippen MR) is 117 cm³/mol. The van der Waals surface area contributed by atoms with Crippen molar-refractivity contribution in [2.45, 2.75) is 32.7 Å². The highest BCUT2D eigenvalue weighted by Gasteiger charge is 2.42. The van der Waals surface area contributed by atoms with Gasteiger partial charge in [0, 0.05) is 37.3 Å². The van der Waals surface area contributed by atoms with Gasteiger partial charge in [0.15, 0.2) is 0 Å². The van der Waals surface area contributed by atoms with Gasteiger partial charge in [0.25, 0.3) is 23.6 Å². The third kappa shape index (κ3) is 3.87. The monoisotopic (exact) mass is 439 g/mol. The van der Waals surface area contributed by atoms with Crippen LogP contribution in [0.25, 0.3) is 0 Å². The Morgan fingerprint density at radius 3 is 2.13 bits per heavy atom. The molecule has 0 unspecified atom stereocenters. The number of benzene rings is 1. The lowest BCUT2D eigenvalue weighted by Crippen LogP contribution is -2.45. The molecule has 1 aromatic heterocycles. The van der Waals surface area contributed by atoms with Gasteiger partial charge < -0.3 is 9.80 Å². The smallest absolute Gasteiger partial charge is 0.263 e. The molecule has 0 bridgehead atoms. The Kier molecular flexibility index (Phi) is 5.43. The summed E-state index contributed by atoms with van der Waals surface area (Å²) in [5.74, 6) is -0.898. The molecule has 0 radical (unpaired) electrons. The number of rotatable bonds is 2. The Hall–Kier alpha value is -3.00. The van der Waals surface area contributed by atoms with Gasteiger partial charge in [-0.25, -0.2) is 0 Å². The van der Waals surface area contributed by atoms with E-state index in [1.54, 1.807) is 42.7 Å². The van der Waals surface area contributed by atoms with Crippen molar-refractivity contribution in [1.82, 2.24) is 14.7 Å². The van der Waals surface area contributed by atoms with E-state index in [1.807, 2.05) is 17.5 Å². The summed E-state index contributed by atoms with van der Waals surface area (Å²) in [7, 11) is 0. The maximum atomic E-state index is 13.1. The summed E-state index contributed by atoms with van der Waals surface area (Å²) in [6, 6.07) is 8.37. The highest BCUT2D eigenvalue weighted by atomic mass is 32.1. The number of fused-ring (bicyclic) bond motifs is 1. The maximum absolute atomic E-state index is 13.1. The summed E-state index contributed by atoms with van der Waals surface area (Å²) in [4.78, 5) is 56.7. The quantitative estimate of drug-likeness (QED) is 0.674. The molecule has 3 heterocycles. The number of hydrogen-bond acceptors (Lipinski definition) is 5. The Morgan fingerprint density at radius 1 is 0.871 bits per heavy atom. The van der Waals surface area contributed by atoms with Crippen molar-refractivity contribution < 1.29 is 19.2 Å². The standard InChI is InChI=1S/C23H25N3O4S/c1-23(2,3)26-20(28)16-8-7-15(14-17(16)21(26)29)19(27)24-9-5-10-25(12-11-24)22(30)18-6-4-13-31-18/h4,6-8,13-14H,5,9-12H2,1-3H3. The molecule has 1 saturated heterocycles. The lowest BCUT2D eigenvalue weighted by atomic mass is 10.0. The van der Waals surface area contributed by atoms with Gasteiger partial charge in [0.1, 0.15) is 0 Å². The summed E-state index contributed by atoms with van der Waals surface area (Å²) in [6.07, 6.45) is 0.684. The molecule has 2 aromatic rings. The highest BCUT2D eigenvalue weighted by Crippen LogP contribution is 2.30. The molecule has 0 spiro atoms. The van der Waals surface area contributed by atoms with Gasteiger partial charge >= 0.3 is 0 Å². The Balaban J connectivity index is 1.50. The van der Waals surface area contributed by atoms with Gasteiger partial charge in [-0.1, -0.05) is 6.07 Å². The van der Waals surface area contributed by atoms with Crippen LogP contribution in [0, 0.1) is 0 Å². The minimum atomic E-state index is -0.638. The fourth-order valence-corrected chi connectivity index (χ4v) is 4.74. The number of carbonyl (C=O) groups is 4. The molecular weight excluding hydrogens is 414 g/mol. The Bertz CT molecular complexity index is 1060. The van der Waals surface area contributed by atoms with E-state index in [0.29, 0.717) is 48.6 Å². The van der Waals surface area contributed by atoms with E-state index in [4.69, 9.17) is 0 Å². The number of amides is 4. The molecule has 31 heavy (non-hydrogen) atoms. The number of nitrogens with zero attached hydrogens (tertiary/aromatic N) is 3. The van der Waals surface area contributed by atoms with E-state index in [1.165, 1.54) is 22.3 Å². The molecule has 1 fully saturated rings. The molecule has 0 aliphatic carbocycles. The molecule has 0 atom stereocenters. The SMILES string of the molecule is CC(C)(C)N1C(=O)c2ccc(C(=O)N3CCCN(C(=O)c4cccs4)CC3)cc2C1=O. The molecule has 4 rings (SSSR count). The Morgan fingerprint density at radius 2 is 1.52 bits per heavy atom. The summed E-state index contributed by atoms with van der Waals surface area (Å²) in [6.45, 7) is 7.43. The zero-order valence-corrected chi connectivity index (χ0v) is 18.7. The van der Waals surface area contributed by atoms with E-state index >= 15 is 0 Å². The average Bonchev–Trinajstić information content (AvgIpc) is 3.26. The largest absolute Gasteiger partial charge is 0.337 e. The van der Waals surface area contributed by atoms with Crippen LogP contribution in [-0.4, -0.2) is 70.0 Å². The molecule has 7 nitrogen and oxygen atoms in total. The van der Waals surface area contributed by atoms with Crippen LogP contribution in [0.1, 0.15) is 67.9 Å². The lowest BCUT2D eigenvalue weighted by Gasteiger charge is -2.29. The second kappa shape index (κ2) is 7.92. The molecule has 0 saturated carbocycles. The van der Waals surface area contributed by atoms with Crippen molar-refractivity contribution in [3.05, 3.63) is 57.3 Å². The minimum absolute atomic E-state index is 0.00629. The lowest BCUT2D eigenvalue weighted by molar-refractivity contribution is 0.0507. The van der Waals surface area contributed by atoms with Gasteiger partial charge in [-0.05, 0) is 56.8 Å². The van der Waals surface area contributed by atoms with E-state index in [0.717, 1.165) is 0 Å². The van der Waals surface area contributed by atoms with E-state index in [-0.39, 0.29) is 29.2 Å². The first-order valence-electron chi connectivity index (χ1n) is 10.3. The van der Waals surface area contributed by atoms with Gasteiger partial charge in [-0.3, -0.25) is 24.1 Å². The molecule has 0 N–H and O–H groups in total. The first-order chi connectivity index (χ1) is 14.7. The number of imide groups is 1. The number of carbonyl (C=O) groups excluding carboxylic acids is 4. The van der Waals surface area contributed by atoms with Crippen LogP contribution in [0.5, 0.6) is 0 Å². The first kappa shape index (κ1) is 21.2. The van der Waals surface area contributed by atoms with Crippen LogP contribution in [0.3, 0.4) is 0 Å². The van der Waals surface area contributed by atoms with Crippen LogP contribution in [0.15, 0.2) is 35.7 Å². The fourth-order valence-electron chi connectivity index (χ4n) is 4.05. The molecule has 2 aliphatic heterocycles. The van der Waals surface area contributed by atoms with Crippen molar-refractivity contribution >= 4 is 35.0 Å². The Labute approximate surface area is 185 Å². The van der Waals surface area contributed by atoms with Crippen LogP contribution >= 0.6 is 11.3 Å². The third-order valence-electron chi connectivity index (χ3n) is 5.61. The number of thiophene rings is 1. The van der Waals surface area contributed by atoms with Crippen molar-refractivity contribution in [3.63, 3.8) is 0 Å². The zero-order valence-electron chi connectivity index (χ0n) is 17.9. The third-order valence-corrected chi connectivity index (χ3v) is 6.46. The van der Waals surface area contributed by atoms with Crippen LogP contribution < -0.4 is 0 Å². The molecular formula is C23H25N3O4S. The fraction of sp³-hybridized carbons (Fsp3) is 0.391. The van der Waals surface area contributed by atoms with Crippen molar-refractivity contribution in [1.29, 1.82) is 0 Å². The summed E-state index contributed by atoms with van der Waals surface area (Å²) in [5.41, 5.74) is 0.351. The van der Waals surface area contributed by atoms with E-state index < -0.39 is 5.54 Å². The summed E-state index contributed by atoms with van der Waals surface area (Å²) >= 11 is 1.41. The number of hydrogen-bond donors (Lipinski definition) is 0. The summed E-state index contributed by atoms with van der Waals surface area (Å²) in [5, 5.41) is 1.88. The van der Waals surface area contributed by atoms with Crippen molar-refractivity contribution in [2.75, 3.05) is 26.2 Å². The van der Waals surface area contributed by atoms with Crippen molar-refractivity contribution in [3.8, 4) is 0 Å². The van der Waals surface area contributed by atoms with Crippen LogP contribution in [0.4, 0.5) is 0 Å². The summed E-state index contributed by atoms with van der Waals surface area (Å²) < 4.78 is 0. The van der Waals surface area contributed by atoms with E-state index in [2.05, 4.69) is 0 Å². The minimum Gasteiger partial charge on any atom is -0.337 e. The highest BCUT2D eigenvalue weighted by molar-refractivity contribution is 7.12. The predicted octanol–water partition coefficient (Wildman–Crippen LogP) is 3.13. The van der Waals surface area contributed by atoms with Gasteiger partial charge in [-0.15, -0.1) is 11.3 Å². The zero-order chi connectivity index (χ0) is 22.3. The maximum Gasteiger partial charge on any atom is 0.263 e. The molecule has 2 aliphatic rings. The van der Waals surface area contributed by atoms with Crippen LogP contribution in [-0.2, 0) is 0 Å². The molecule has 1 aromatic carbocycles.